The Labute approximate surface area is 212 Å². The number of carbonyl (C=O) groups is 3. The molecule has 0 radical (unpaired) electrons. The van der Waals surface area contributed by atoms with Crippen LogP contribution in [-0.2, 0) is 22.7 Å². The third-order valence-electron chi connectivity index (χ3n) is 7.44. The van der Waals surface area contributed by atoms with Crippen molar-refractivity contribution in [1.29, 1.82) is 0 Å². The average molecular weight is 512 g/mol. The number of hydrogen-bond acceptors (Lipinski definition) is 7. The van der Waals surface area contributed by atoms with Gasteiger partial charge >= 0.3 is 11.6 Å². The Hall–Kier alpha value is -3.74. The number of quaternary nitrogens is 1. The van der Waals surface area contributed by atoms with Crippen molar-refractivity contribution in [1.82, 2.24) is 19.7 Å². The molecule has 5 rings (SSSR count). The molecule has 12 heteroatoms. The van der Waals surface area contributed by atoms with Gasteiger partial charge in [-0.05, 0) is 42.5 Å². The number of imide groups is 1. The number of rotatable bonds is 7. The highest BCUT2D eigenvalue weighted by Gasteiger charge is 2.40. The van der Waals surface area contributed by atoms with Gasteiger partial charge in [-0.25, -0.2) is 10.0 Å². The Balaban J connectivity index is 1.19. The van der Waals surface area contributed by atoms with E-state index in [9.17, 15) is 29.6 Å². The minimum Gasteiger partial charge on any atom is -0.595 e. The van der Waals surface area contributed by atoms with E-state index in [1.54, 1.807) is 42.3 Å². The molecule has 4 unspecified atom stereocenters. The predicted octanol–water partition coefficient (Wildman–Crippen LogP) is 0.107. The number of nitrogens with one attached hydrogen (secondary N) is 2. The molecule has 12 nitrogen and oxygen atoms in total. The van der Waals surface area contributed by atoms with Crippen LogP contribution in [0.15, 0.2) is 41.2 Å². The highest BCUT2D eigenvalue weighted by Crippen LogP contribution is 2.35. The van der Waals surface area contributed by atoms with Gasteiger partial charge in [-0.1, -0.05) is 12.1 Å². The van der Waals surface area contributed by atoms with E-state index in [0.29, 0.717) is 25.4 Å². The molecular formula is C25H29N5O7. The maximum Gasteiger partial charge on any atom is 0.325 e. The fraction of sp³-hybridized carbons (Fsp3) is 0.440. The van der Waals surface area contributed by atoms with Crippen LogP contribution in [0.1, 0.15) is 36.4 Å². The van der Waals surface area contributed by atoms with Crippen molar-refractivity contribution in [2.75, 3.05) is 20.2 Å². The van der Waals surface area contributed by atoms with Crippen LogP contribution in [0.3, 0.4) is 0 Å². The Morgan fingerprint density at radius 1 is 1.14 bits per heavy atom. The van der Waals surface area contributed by atoms with Crippen LogP contribution >= 0.6 is 0 Å². The van der Waals surface area contributed by atoms with Crippen LogP contribution in [0.2, 0.25) is 0 Å². The highest BCUT2D eigenvalue weighted by molar-refractivity contribution is 6.04. The lowest BCUT2D eigenvalue weighted by Gasteiger charge is -2.43. The van der Waals surface area contributed by atoms with Crippen molar-refractivity contribution in [3.63, 3.8) is 0 Å². The van der Waals surface area contributed by atoms with Crippen LogP contribution in [0, 0.1) is 11.1 Å². The molecule has 0 saturated carbocycles. The average Bonchev–Trinajstić information content (AvgIpc) is 3.15. The Morgan fingerprint density at radius 3 is 2.59 bits per heavy atom. The zero-order chi connectivity index (χ0) is 26.3. The topological polar surface area (TPSA) is 149 Å². The van der Waals surface area contributed by atoms with Gasteiger partial charge in [-0.3, -0.25) is 19.3 Å². The van der Waals surface area contributed by atoms with E-state index in [1.807, 2.05) is 0 Å². The number of methoxy groups -OCH3 is 1. The van der Waals surface area contributed by atoms with E-state index >= 15 is 0 Å². The summed E-state index contributed by atoms with van der Waals surface area (Å²) in [5, 5.41) is 22.0. The number of amides is 4. The first-order valence-electron chi connectivity index (χ1n) is 12.2. The van der Waals surface area contributed by atoms with Crippen molar-refractivity contribution in [2.24, 2.45) is 5.92 Å². The summed E-state index contributed by atoms with van der Waals surface area (Å²) in [6.07, 6.45) is 1.14. The number of aromatic nitrogens is 1. The molecule has 3 aliphatic heterocycles. The van der Waals surface area contributed by atoms with Crippen molar-refractivity contribution in [3.8, 4) is 5.75 Å². The van der Waals surface area contributed by atoms with E-state index in [-0.39, 0.29) is 48.7 Å². The van der Waals surface area contributed by atoms with E-state index in [0.717, 1.165) is 22.6 Å². The van der Waals surface area contributed by atoms with E-state index < -0.39 is 22.9 Å². The second-order valence-corrected chi connectivity index (χ2v) is 9.80. The normalized spacial score (nSPS) is 23.5. The van der Waals surface area contributed by atoms with Crippen molar-refractivity contribution >= 4 is 23.5 Å². The molecule has 2 fully saturated rings. The summed E-state index contributed by atoms with van der Waals surface area (Å²) in [6.45, 7) is 1.40. The fourth-order valence-corrected chi connectivity index (χ4v) is 5.57. The largest absolute Gasteiger partial charge is 0.595 e. The van der Waals surface area contributed by atoms with Gasteiger partial charge in [0.05, 0.1) is 13.7 Å². The number of ether oxygens (including phenoxy) is 1. The molecule has 3 N–H and O–H groups in total. The number of hydrogen-bond donors (Lipinski definition) is 3. The highest BCUT2D eigenvalue weighted by atomic mass is 16.8. The van der Waals surface area contributed by atoms with Crippen LogP contribution in [0.25, 0.3) is 0 Å². The number of benzene rings is 1. The summed E-state index contributed by atoms with van der Waals surface area (Å²) in [5.74, 6) is 0.208. The number of carbonyl (C=O) groups excluding carboxylic acids is 3. The molecular weight excluding hydrogens is 482 g/mol. The molecule has 1 aromatic heterocycles. The minimum absolute atomic E-state index is 0.0461. The first-order valence-corrected chi connectivity index (χ1v) is 12.2. The minimum atomic E-state index is -1.25. The molecule has 2 bridgehead atoms. The lowest BCUT2D eigenvalue weighted by atomic mass is 9.83. The van der Waals surface area contributed by atoms with Gasteiger partial charge in [0.25, 0.3) is 5.91 Å². The third kappa shape index (κ3) is 4.82. The molecule has 0 spiro atoms. The van der Waals surface area contributed by atoms with Crippen molar-refractivity contribution in [3.05, 3.63) is 63.2 Å². The van der Waals surface area contributed by atoms with E-state index in [4.69, 9.17) is 4.74 Å². The Morgan fingerprint density at radius 2 is 1.89 bits per heavy atom. The fourth-order valence-electron chi connectivity index (χ4n) is 5.57. The Kier molecular flexibility index (Phi) is 6.71. The van der Waals surface area contributed by atoms with Gasteiger partial charge in [0, 0.05) is 43.7 Å². The number of pyridine rings is 1. The van der Waals surface area contributed by atoms with Gasteiger partial charge in [-0.15, -0.1) is 0 Å². The van der Waals surface area contributed by atoms with Crippen molar-refractivity contribution < 1.29 is 29.6 Å². The van der Waals surface area contributed by atoms with Gasteiger partial charge in [-0.2, -0.15) is 5.23 Å². The van der Waals surface area contributed by atoms with Crippen LogP contribution in [-0.4, -0.2) is 63.7 Å². The smallest absolute Gasteiger partial charge is 0.325 e. The van der Waals surface area contributed by atoms with Crippen LogP contribution in [0.5, 0.6) is 5.75 Å². The molecule has 4 heterocycles. The number of nitrogens with zero attached hydrogens (tertiary/aromatic N) is 3. The molecule has 2 saturated heterocycles. The lowest BCUT2D eigenvalue weighted by molar-refractivity contribution is -0.992. The van der Waals surface area contributed by atoms with Gasteiger partial charge in [0.15, 0.2) is 0 Å². The summed E-state index contributed by atoms with van der Waals surface area (Å²) in [4.78, 5) is 53.9. The molecule has 0 aliphatic carbocycles. The maximum absolute atomic E-state index is 13.1. The number of urea groups is 1. The Bertz CT molecular complexity index is 1280. The molecule has 2 aromatic rings. The standard InChI is InChI=1S/C25H29N5O7/c1-37-18-4-2-15(3-5-18)12-29-23(32)19(26-25(29)34)6-9-22(31)27-11-16-10-17(14-27)20-7-8-21(30(35)36)24(33)28(20)13-16/h2-5,7-8,16-17,19,30,35H,6,9-14H2,1H3,(H,26,34). The summed E-state index contributed by atoms with van der Waals surface area (Å²) in [6, 6.07) is 8.88. The summed E-state index contributed by atoms with van der Waals surface area (Å²) in [5.41, 5.74) is 0.780. The summed E-state index contributed by atoms with van der Waals surface area (Å²) >= 11 is 0. The molecule has 37 heavy (non-hydrogen) atoms. The second-order valence-electron chi connectivity index (χ2n) is 9.80. The van der Waals surface area contributed by atoms with Crippen LogP contribution < -0.4 is 20.8 Å². The molecule has 3 aliphatic rings. The third-order valence-corrected chi connectivity index (χ3v) is 7.44. The molecule has 4 amide bonds. The quantitative estimate of drug-likeness (QED) is 0.353. The van der Waals surface area contributed by atoms with E-state index in [1.165, 1.54) is 10.6 Å². The van der Waals surface area contributed by atoms with Gasteiger partial charge < -0.3 is 24.7 Å². The number of likely N-dealkylation sites (tertiary alicyclic amines) is 1. The van der Waals surface area contributed by atoms with Crippen molar-refractivity contribution in [2.45, 2.75) is 44.3 Å². The first-order chi connectivity index (χ1) is 17.7. The molecule has 1 aromatic carbocycles. The first kappa shape index (κ1) is 24.9. The predicted molar refractivity (Wildman–Crippen MR) is 129 cm³/mol. The lowest BCUT2D eigenvalue weighted by Crippen LogP contribution is -3.00. The number of piperidine rings is 1. The number of fused-ring (bicyclic) bond motifs is 4. The summed E-state index contributed by atoms with van der Waals surface area (Å²) < 4.78 is 6.67. The summed E-state index contributed by atoms with van der Waals surface area (Å²) in [7, 11) is 1.56. The second kappa shape index (κ2) is 9.96. The van der Waals surface area contributed by atoms with Gasteiger partial charge in [0.1, 0.15) is 11.8 Å². The maximum atomic E-state index is 13.1. The van der Waals surface area contributed by atoms with E-state index in [2.05, 4.69) is 5.32 Å². The van der Waals surface area contributed by atoms with Gasteiger partial charge in [0.2, 0.25) is 11.6 Å². The van der Waals surface area contributed by atoms with Crippen LogP contribution in [0.4, 0.5) is 10.5 Å². The monoisotopic (exact) mass is 511 g/mol. The molecule has 4 atom stereocenters. The zero-order valence-electron chi connectivity index (χ0n) is 20.4. The SMILES string of the molecule is COc1ccc(CN2C(=O)NC(CCC(=O)N3CC4CC(C3)c3ccc([NH+]([O-])O)c(=O)n3C4)C2=O)cc1. The zero-order valence-corrected chi connectivity index (χ0v) is 20.4. The molecule has 196 valence electrons.